The summed E-state index contributed by atoms with van der Waals surface area (Å²) in [4.78, 5) is 2.15. The SMILES string of the molecule is CCN(CC)c1ccc(C(CN)CO)c(O)c1. The summed E-state index contributed by atoms with van der Waals surface area (Å²) in [6, 6.07) is 5.54. The number of hydrogen-bond donors (Lipinski definition) is 3. The zero-order valence-electron chi connectivity index (χ0n) is 10.6. The van der Waals surface area contributed by atoms with Crippen molar-refractivity contribution < 1.29 is 10.2 Å². The van der Waals surface area contributed by atoms with Crippen LogP contribution in [0.1, 0.15) is 25.3 Å². The Balaban J connectivity index is 3.00. The maximum absolute atomic E-state index is 9.97. The Morgan fingerprint density at radius 2 is 1.94 bits per heavy atom. The largest absolute Gasteiger partial charge is 0.508 e. The fraction of sp³-hybridized carbons (Fsp3) is 0.538. The molecule has 0 fully saturated rings. The van der Waals surface area contributed by atoms with E-state index in [0.29, 0.717) is 12.1 Å². The van der Waals surface area contributed by atoms with Crippen molar-refractivity contribution in [1.29, 1.82) is 0 Å². The fourth-order valence-electron chi connectivity index (χ4n) is 1.96. The number of phenols is 1. The summed E-state index contributed by atoms with van der Waals surface area (Å²) in [6.45, 7) is 6.23. The van der Waals surface area contributed by atoms with Gasteiger partial charge in [-0.1, -0.05) is 6.07 Å². The third-order valence-corrected chi connectivity index (χ3v) is 3.09. The molecule has 1 rings (SSSR count). The molecule has 4 heteroatoms. The molecule has 0 saturated carbocycles. The van der Waals surface area contributed by atoms with E-state index in [4.69, 9.17) is 5.73 Å². The molecule has 0 spiro atoms. The summed E-state index contributed by atoms with van der Waals surface area (Å²) in [5.74, 6) is 0.0136. The summed E-state index contributed by atoms with van der Waals surface area (Å²) in [5, 5.41) is 19.1. The highest BCUT2D eigenvalue weighted by atomic mass is 16.3. The third kappa shape index (κ3) is 3.11. The molecule has 0 aliphatic heterocycles. The highest BCUT2D eigenvalue weighted by molar-refractivity contribution is 5.54. The Labute approximate surface area is 103 Å². The number of anilines is 1. The quantitative estimate of drug-likeness (QED) is 0.698. The van der Waals surface area contributed by atoms with Crippen LogP contribution in [0.3, 0.4) is 0 Å². The maximum Gasteiger partial charge on any atom is 0.121 e. The first kappa shape index (κ1) is 13.8. The number of aliphatic hydroxyl groups is 1. The van der Waals surface area contributed by atoms with Crippen molar-refractivity contribution in [3.8, 4) is 5.75 Å². The molecule has 0 amide bonds. The fourth-order valence-corrected chi connectivity index (χ4v) is 1.96. The van der Waals surface area contributed by atoms with Crippen molar-refractivity contribution in [1.82, 2.24) is 0 Å². The number of rotatable bonds is 6. The van der Waals surface area contributed by atoms with Gasteiger partial charge in [-0.15, -0.1) is 0 Å². The number of nitrogens with two attached hydrogens (primary N) is 1. The van der Waals surface area contributed by atoms with Gasteiger partial charge in [0, 0.05) is 42.9 Å². The maximum atomic E-state index is 9.97. The summed E-state index contributed by atoms with van der Waals surface area (Å²) < 4.78 is 0. The van der Waals surface area contributed by atoms with Gasteiger partial charge in [0.05, 0.1) is 6.61 Å². The van der Waals surface area contributed by atoms with Gasteiger partial charge in [0.2, 0.25) is 0 Å². The van der Waals surface area contributed by atoms with Gasteiger partial charge in [-0.2, -0.15) is 0 Å². The molecule has 0 aromatic heterocycles. The zero-order chi connectivity index (χ0) is 12.8. The highest BCUT2D eigenvalue weighted by Crippen LogP contribution is 2.29. The molecule has 96 valence electrons. The van der Waals surface area contributed by atoms with Gasteiger partial charge in [-0.3, -0.25) is 0 Å². The summed E-state index contributed by atoms with van der Waals surface area (Å²) in [5.41, 5.74) is 7.26. The number of aromatic hydroxyl groups is 1. The lowest BCUT2D eigenvalue weighted by atomic mass is 9.98. The van der Waals surface area contributed by atoms with Gasteiger partial charge in [0.15, 0.2) is 0 Å². The van der Waals surface area contributed by atoms with E-state index in [1.54, 1.807) is 6.07 Å². The van der Waals surface area contributed by atoms with Crippen LogP contribution in [0.5, 0.6) is 5.75 Å². The monoisotopic (exact) mass is 238 g/mol. The van der Waals surface area contributed by atoms with Crippen LogP contribution in [0.4, 0.5) is 5.69 Å². The molecule has 1 aromatic rings. The lowest BCUT2D eigenvalue weighted by Gasteiger charge is -2.22. The van der Waals surface area contributed by atoms with E-state index < -0.39 is 0 Å². The minimum Gasteiger partial charge on any atom is -0.508 e. The molecule has 0 aliphatic carbocycles. The smallest absolute Gasteiger partial charge is 0.121 e. The molecule has 1 unspecified atom stereocenters. The highest BCUT2D eigenvalue weighted by Gasteiger charge is 2.14. The van der Waals surface area contributed by atoms with Gasteiger partial charge < -0.3 is 20.8 Å². The molecule has 0 aliphatic rings. The average molecular weight is 238 g/mol. The second kappa shape index (κ2) is 6.47. The Hall–Kier alpha value is -1.26. The molecular formula is C13H22N2O2. The molecule has 1 atom stereocenters. The van der Waals surface area contributed by atoms with E-state index in [-0.39, 0.29) is 18.3 Å². The molecule has 4 N–H and O–H groups in total. The second-order valence-corrected chi connectivity index (χ2v) is 4.03. The summed E-state index contributed by atoms with van der Waals surface area (Å²) in [6.07, 6.45) is 0. The number of aliphatic hydroxyl groups excluding tert-OH is 1. The van der Waals surface area contributed by atoms with Crippen LogP contribution >= 0.6 is 0 Å². The number of hydrogen-bond acceptors (Lipinski definition) is 4. The number of nitrogens with zero attached hydrogens (tertiary/aromatic N) is 1. The molecule has 0 saturated heterocycles. The molecule has 17 heavy (non-hydrogen) atoms. The first-order valence-corrected chi connectivity index (χ1v) is 6.06. The van der Waals surface area contributed by atoms with Crippen LogP contribution in [0.15, 0.2) is 18.2 Å². The van der Waals surface area contributed by atoms with Gasteiger partial charge >= 0.3 is 0 Å². The van der Waals surface area contributed by atoms with Crippen molar-refractivity contribution in [3.63, 3.8) is 0 Å². The van der Waals surface area contributed by atoms with E-state index >= 15 is 0 Å². The summed E-state index contributed by atoms with van der Waals surface area (Å²) in [7, 11) is 0. The molecule has 1 aromatic carbocycles. The normalized spacial score (nSPS) is 12.5. The minimum atomic E-state index is -0.194. The van der Waals surface area contributed by atoms with Crippen LogP contribution in [-0.4, -0.2) is 36.5 Å². The van der Waals surface area contributed by atoms with E-state index in [0.717, 1.165) is 18.8 Å². The molecule has 0 bridgehead atoms. The van der Waals surface area contributed by atoms with Crippen LogP contribution < -0.4 is 10.6 Å². The topological polar surface area (TPSA) is 69.7 Å². The Bertz CT molecular complexity index is 347. The third-order valence-electron chi connectivity index (χ3n) is 3.09. The van der Waals surface area contributed by atoms with Crippen molar-refractivity contribution in [3.05, 3.63) is 23.8 Å². The Morgan fingerprint density at radius 1 is 1.29 bits per heavy atom. The molecular weight excluding hydrogens is 216 g/mol. The minimum absolute atomic E-state index is 0.0469. The van der Waals surface area contributed by atoms with E-state index in [1.165, 1.54) is 0 Å². The molecule has 0 heterocycles. The Morgan fingerprint density at radius 3 is 2.35 bits per heavy atom. The van der Waals surface area contributed by atoms with Crippen molar-refractivity contribution in [2.45, 2.75) is 19.8 Å². The van der Waals surface area contributed by atoms with Crippen LogP contribution in [0.25, 0.3) is 0 Å². The molecule has 0 radical (unpaired) electrons. The Kier molecular flexibility index (Phi) is 5.25. The van der Waals surface area contributed by atoms with Crippen molar-refractivity contribution in [2.24, 2.45) is 5.73 Å². The van der Waals surface area contributed by atoms with Gasteiger partial charge in [-0.25, -0.2) is 0 Å². The first-order valence-electron chi connectivity index (χ1n) is 6.06. The van der Waals surface area contributed by atoms with E-state index in [9.17, 15) is 10.2 Å². The standard InChI is InChI=1S/C13H22N2O2/c1-3-15(4-2)11-5-6-12(13(17)7-11)10(8-14)9-16/h5-7,10,16-17H,3-4,8-9,14H2,1-2H3. The predicted octanol–water partition coefficient (Wildman–Crippen LogP) is 1.27. The predicted molar refractivity (Wildman–Crippen MR) is 70.5 cm³/mol. The lowest BCUT2D eigenvalue weighted by molar-refractivity contribution is 0.265. The van der Waals surface area contributed by atoms with Crippen LogP contribution in [0.2, 0.25) is 0 Å². The van der Waals surface area contributed by atoms with E-state index in [2.05, 4.69) is 18.7 Å². The zero-order valence-corrected chi connectivity index (χ0v) is 10.6. The van der Waals surface area contributed by atoms with Gasteiger partial charge in [-0.05, 0) is 19.9 Å². The summed E-state index contributed by atoms with van der Waals surface area (Å²) >= 11 is 0. The van der Waals surface area contributed by atoms with Crippen LogP contribution in [-0.2, 0) is 0 Å². The number of phenolic OH excluding ortho intramolecular Hbond substituents is 1. The average Bonchev–Trinajstić information content (AvgIpc) is 2.34. The first-order chi connectivity index (χ1) is 8.17. The second-order valence-electron chi connectivity index (χ2n) is 4.03. The lowest BCUT2D eigenvalue weighted by Crippen LogP contribution is -2.22. The van der Waals surface area contributed by atoms with Gasteiger partial charge in [0.1, 0.15) is 5.75 Å². The van der Waals surface area contributed by atoms with Crippen molar-refractivity contribution in [2.75, 3.05) is 31.1 Å². The van der Waals surface area contributed by atoms with Crippen molar-refractivity contribution >= 4 is 5.69 Å². The van der Waals surface area contributed by atoms with E-state index in [1.807, 2.05) is 12.1 Å². The van der Waals surface area contributed by atoms with Crippen LogP contribution in [0, 0.1) is 0 Å². The number of benzene rings is 1. The molecule has 4 nitrogen and oxygen atoms in total. The van der Waals surface area contributed by atoms with Gasteiger partial charge in [0.25, 0.3) is 0 Å².